The number of hydrogen-bond acceptors (Lipinski definition) is 1. The molecule has 0 atom stereocenters. The summed E-state index contributed by atoms with van der Waals surface area (Å²) in [5, 5.41) is 4.16. The molecule has 1 saturated carbocycles. The van der Waals surface area contributed by atoms with Crippen molar-refractivity contribution in [2.75, 3.05) is 18.4 Å². The Balaban J connectivity index is 1.88. The maximum Gasteiger partial charge on any atom is 0.173 e. The Labute approximate surface area is 109 Å². The van der Waals surface area contributed by atoms with Crippen LogP contribution in [0.25, 0.3) is 0 Å². The third-order valence-electron chi connectivity index (χ3n) is 3.40. The lowest BCUT2D eigenvalue weighted by atomic mass is 9.85. The van der Waals surface area contributed by atoms with E-state index in [1.165, 1.54) is 19.3 Å². The van der Waals surface area contributed by atoms with Gasteiger partial charge >= 0.3 is 0 Å². The second kappa shape index (κ2) is 6.01. The van der Waals surface area contributed by atoms with Crippen molar-refractivity contribution in [3.8, 4) is 0 Å². The van der Waals surface area contributed by atoms with Crippen LogP contribution in [0.1, 0.15) is 26.2 Å². The highest BCUT2D eigenvalue weighted by atomic mass is 32.1. The van der Waals surface area contributed by atoms with E-state index in [1.54, 1.807) is 0 Å². The van der Waals surface area contributed by atoms with Crippen LogP contribution in [0, 0.1) is 5.92 Å². The molecular weight excluding hydrogens is 228 g/mol. The van der Waals surface area contributed by atoms with Gasteiger partial charge in [0.05, 0.1) is 0 Å². The normalized spacial score (nSPS) is 15.1. The largest absolute Gasteiger partial charge is 0.349 e. The quantitative estimate of drug-likeness (QED) is 0.821. The highest BCUT2D eigenvalue weighted by Crippen LogP contribution is 2.27. The monoisotopic (exact) mass is 248 g/mol. The maximum absolute atomic E-state index is 5.46. The summed E-state index contributed by atoms with van der Waals surface area (Å²) >= 11 is 5.46. The molecule has 0 radical (unpaired) electrons. The summed E-state index contributed by atoms with van der Waals surface area (Å²) in [6.45, 7) is 4.25. The van der Waals surface area contributed by atoms with E-state index in [0.717, 1.165) is 29.8 Å². The van der Waals surface area contributed by atoms with Crippen LogP contribution in [-0.2, 0) is 0 Å². The van der Waals surface area contributed by atoms with E-state index < -0.39 is 0 Å². The van der Waals surface area contributed by atoms with Crippen molar-refractivity contribution < 1.29 is 0 Å². The van der Waals surface area contributed by atoms with Crippen molar-refractivity contribution in [2.45, 2.75) is 26.2 Å². The molecule has 0 amide bonds. The van der Waals surface area contributed by atoms with E-state index >= 15 is 0 Å². The van der Waals surface area contributed by atoms with Crippen molar-refractivity contribution in [3.63, 3.8) is 0 Å². The first kappa shape index (κ1) is 12.4. The Bertz CT molecular complexity index is 360. The van der Waals surface area contributed by atoms with Crippen molar-refractivity contribution in [3.05, 3.63) is 30.3 Å². The van der Waals surface area contributed by atoms with Gasteiger partial charge in [-0.25, -0.2) is 0 Å². The zero-order chi connectivity index (χ0) is 12.1. The van der Waals surface area contributed by atoms with Gasteiger partial charge in [0.1, 0.15) is 0 Å². The van der Waals surface area contributed by atoms with Crippen LogP contribution in [0.15, 0.2) is 30.3 Å². The van der Waals surface area contributed by atoms with Crippen LogP contribution in [-0.4, -0.2) is 23.1 Å². The molecule has 2 rings (SSSR count). The number of nitrogens with zero attached hydrogens (tertiary/aromatic N) is 1. The average Bonchev–Trinajstić information content (AvgIpc) is 2.29. The van der Waals surface area contributed by atoms with E-state index in [9.17, 15) is 0 Å². The smallest absolute Gasteiger partial charge is 0.173 e. The molecule has 0 unspecified atom stereocenters. The second-order valence-corrected chi connectivity index (χ2v) is 5.02. The molecule has 0 aliphatic heterocycles. The molecule has 0 spiro atoms. The zero-order valence-electron chi connectivity index (χ0n) is 10.4. The standard InChI is InChI=1S/C14H20N2S/c1-2-16(11-12-7-6-8-12)14(17)15-13-9-4-3-5-10-13/h3-5,9-10,12H,2,6-8,11H2,1H3,(H,15,17). The third-order valence-corrected chi connectivity index (χ3v) is 3.76. The number of anilines is 1. The number of hydrogen-bond donors (Lipinski definition) is 1. The minimum atomic E-state index is 0.852. The van der Waals surface area contributed by atoms with Gasteiger partial charge in [-0.15, -0.1) is 0 Å². The molecule has 1 fully saturated rings. The summed E-state index contributed by atoms with van der Waals surface area (Å²) in [6, 6.07) is 10.1. The lowest BCUT2D eigenvalue weighted by Crippen LogP contribution is -2.39. The summed E-state index contributed by atoms with van der Waals surface area (Å²) in [5.74, 6) is 0.852. The Hall–Kier alpha value is -1.09. The lowest BCUT2D eigenvalue weighted by molar-refractivity contribution is 0.246. The molecule has 17 heavy (non-hydrogen) atoms. The van der Waals surface area contributed by atoms with E-state index in [4.69, 9.17) is 12.2 Å². The van der Waals surface area contributed by atoms with Crippen LogP contribution in [0.2, 0.25) is 0 Å². The first-order valence-corrected chi connectivity index (χ1v) is 6.81. The average molecular weight is 248 g/mol. The van der Waals surface area contributed by atoms with E-state index in [2.05, 4.69) is 17.1 Å². The second-order valence-electron chi connectivity index (χ2n) is 4.63. The van der Waals surface area contributed by atoms with Gasteiger partial charge in [0, 0.05) is 18.8 Å². The van der Waals surface area contributed by atoms with E-state index in [-0.39, 0.29) is 0 Å². The SMILES string of the molecule is CCN(CC1CCC1)C(=S)Nc1ccccc1. The van der Waals surface area contributed by atoms with Crippen molar-refractivity contribution in [1.29, 1.82) is 0 Å². The number of rotatable bonds is 4. The molecule has 1 aromatic rings. The topological polar surface area (TPSA) is 15.3 Å². The molecule has 3 heteroatoms. The fourth-order valence-electron chi connectivity index (χ4n) is 2.07. The maximum atomic E-state index is 5.46. The predicted octanol–water partition coefficient (Wildman–Crippen LogP) is 3.51. The van der Waals surface area contributed by atoms with E-state index in [1.807, 2.05) is 30.3 Å². The first-order valence-electron chi connectivity index (χ1n) is 6.40. The Morgan fingerprint density at radius 2 is 2.06 bits per heavy atom. The van der Waals surface area contributed by atoms with Crippen LogP contribution in [0.4, 0.5) is 5.69 Å². The van der Waals surface area contributed by atoms with Crippen molar-refractivity contribution in [1.82, 2.24) is 4.90 Å². The highest BCUT2D eigenvalue weighted by Gasteiger charge is 2.21. The summed E-state index contributed by atoms with van der Waals surface area (Å²) in [7, 11) is 0. The predicted molar refractivity (Wildman–Crippen MR) is 77.3 cm³/mol. The van der Waals surface area contributed by atoms with E-state index in [0.29, 0.717) is 0 Å². The van der Waals surface area contributed by atoms with Gasteiger partial charge in [0.2, 0.25) is 0 Å². The van der Waals surface area contributed by atoms with Gasteiger partial charge in [0.25, 0.3) is 0 Å². The first-order chi connectivity index (χ1) is 8.29. The minimum Gasteiger partial charge on any atom is -0.349 e. The Kier molecular flexibility index (Phi) is 4.37. The Morgan fingerprint density at radius 1 is 1.35 bits per heavy atom. The number of nitrogens with one attached hydrogen (secondary N) is 1. The molecule has 1 N–H and O–H groups in total. The van der Waals surface area contributed by atoms with Crippen LogP contribution in [0.5, 0.6) is 0 Å². The molecule has 2 nitrogen and oxygen atoms in total. The summed E-state index contributed by atoms with van der Waals surface area (Å²) in [6.07, 6.45) is 4.12. The Morgan fingerprint density at radius 3 is 2.59 bits per heavy atom. The fraction of sp³-hybridized carbons (Fsp3) is 0.500. The van der Waals surface area contributed by atoms with Gasteiger partial charge in [-0.1, -0.05) is 24.6 Å². The van der Waals surface area contributed by atoms with Gasteiger partial charge in [-0.2, -0.15) is 0 Å². The minimum absolute atomic E-state index is 0.852. The number of benzene rings is 1. The molecule has 1 aromatic carbocycles. The molecule has 0 heterocycles. The van der Waals surface area contributed by atoms with Gasteiger partial charge in [-0.05, 0) is 50.0 Å². The third kappa shape index (κ3) is 3.43. The lowest BCUT2D eigenvalue weighted by Gasteiger charge is -2.33. The number of para-hydroxylation sites is 1. The van der Waals surface area contributed by atoms with Gasteiger partial charge in [0.15, 0.2) is 5.11 Å². The van der Waals surface area contributed by atoms with Gasteiger partial charge in [-0.3, -0.25) is 0 Å². The summed E-state index contributed by atoms with van der Waals surface area (Å²) < 4.78 is 0. The zero-order valence-corrected chi connectivity index (χ0v) is 11.2. The van der Waals surface area contributed by atoms with Crippen LogP contribution < -0.4 is 5.32 Å². The molecule has 0 aromatic heterocycles. The van der Waals surface area contributed by atoms with Crippen molar-refractivity contribution in [2.24, 2.45) is 5.92 Å². The van der Waals surface area contributed by atoms with Crippen molar-refractivity contribution >= 4 is 23.0 Å². The molecule has 92 valence electrons. The summed E-state index contributed by atoms with van der Waals surface area (Å²) in [5.41, 5.74) is 1.07. The molecule has 1 aliphatic rings. The van der Waals surface area contributed by atoms with Crippen LogP contribution in [0.3, 0.4) is 0 Å². The number of thiocarbonyl (C=S) groups is 1. The molecular formula is C14H20N2S. The van der Waals surface area contributed by atoms with Gasteiger partial charge < -0.3 is 10.2 Å². The molecule has 0 saturated heterocycles. The molecule has 1 aliphatic carbocycles. The summed E-state index contributed by atoms with van der Waals surface area (Å²) in [4.78, 5) is 2.27. The fourth-order valence-corrected chi connectivity index (χ4v) is 2.39. The highest BCUT2D eigenvalue weighted by molar-refractivity contribution is 7.80. The van der Waals surface area contributed by atoms with Crippen LogP contribution >= 0.6 is 12.2 Å². The molecule has 0 bridgehead atoms.